The lowest BCUT2D eigenvalue weighted by molar-refractivity contribution is 0.0785. The van der Waals surface area contributed by atoms with Gasteiger partial charge in [0.2, 0.25) is 0 Å². The van der Waals surface area contributed by atoms with Gasteiger partial charge in [-0.3, -0.25) is 9.59 Å². The number of halogens is 2. The third-order valence-corrected chi connectivity index (χ3v) is 6.29. The van der Waals surface area contributed by atoms with Gasteiger partial charge in [-0.2, -0.15) is 9.06 Å². The molecular formula is C21H18Cl2N4O3S. The quantitative estimate of drug-likeness (QED) is 0.564. The highest BCUT2D eigenvalue weighted by atomic mass is 35.5. The van der Waals surface area contributed by atoms with Gasteiger partial charge in [0.05, 0.1) is 23.4 Å². The first-order valence-electron chi connectivity index (χ1n) is 9.55. The predicted octanol–water partition coefficient (Wildman–Crippen LogP) is 4.23. The number of benzene rings is 2. The van der Waals surface area contributed by atoms with Gasteiger partial charge in [-0.05, 0) is 66.8 Å². The Morgan fingerprint density at radius 2 is 1.81 bits per heavy atom. The van der Waals surface area contributed by atoms with E-state index in [-0.39, 0.29) is 26.9 Å². The molecule has 2 aromatic carbocycles. The summed E-state index contributed by atoms with van der Waals surface area (Å²) >= 11 is 13.2. The molecule has 0 bridgehead atoms. The SMILES string of the molecule is COc1ccc(-n2nc(C(=O)N3CCCC3)c(=NC(=O)c3ccc(Cl)cc3Cl)s2)cc1. The van der Waals surface area contributed by atoms with Gasteiger partial charge in [0.15, 0.2) is 10.4 Å². The molecule has 4 rings (SSSR count). The van der Waals surface area contributed by atoms with Gasteiger partial charge in [-0.1, -0.05) is 23.2 Å². The average molecular weight is 477 g/mol. The Morgan fingerprint density at radius 1 is 1.10 bits per heavy atom. The molecule has 0 unspecified atom stereocenters. The minimum Gasteiger partial charge on any atom is -0.497 e. The first-order valence-corrected chi connectivity index (χ1v) is 11.1. The summed E-state index contributed by atoms with van der Waals surface area (Å²) in [4.78, 5) is 31.8. The molecule has 3 aromatic rings. The summed E-state index contributed by atoms with van der Waals surface area (Å²) in [6.07, 6.45) is 1.89. The highest BCUT2D eigenvalue weighted by Gasteiger charge is 2.25. The second-order valence-corrected chi connectivity index (χ2v) is 8.62. The Labute approximate surface area is 192 Å². The fraction of sp³-hybridized carbons (Fsp3) is 0.238. The molecule has 1 aliphatic rings. The summed E-state index contributed by atoms with van der Waals surface area (Å²) in [5.41, 5.74) is 1.07. The summed E-state index contributed by atoms with van der Waals surface area (Å²) in [7, 11) is 1.59. The molecule has 1 aromatic heterocycles. The van der Waals surface area contributed by atoms with Crippen molar-refractivity contribution >= 4 is 46.5 Å². The third kappa shape index (κ3) is 4.66. The molecule has 0 saturated carbocycles. The van der Waals surface area contributed by atoms with Crippen molar-refractivity contribution < 1.29 is 14.3 Å². The number of ether oxygens (including phenoxy) is 1. The number of carbonyl (C=O) groups excluding carboxylic acids is 2. The number of hydrogen-bond donors (Lipinski definition) is 0. The Kier molecular flexibility index (Phi) is 6.41. The Bertz CT molecular complexity index is 1200. The largest absolute Gasteiger partial charge is 0.497 e. The average Bonchev–Trinajstić information content (AvgIpc) is 3.44. The van der Waals surface area contributed by atoms with E-state index in [2.05, 4.69) is 10.1 Å². The molecular weight excluding hydrogens is 459 g/mol. The minimum atomic E-state index is -0.567. The molecule has 2 heterocycles. The Hall–Kier alpha value is -2.68. The summed E-state index contributed by atoms with van der Waals surface area (Å²) in [5.74, 6) is -0.107. The Morgan fingerprint density at radius 3 is 2.45 bits per heavy atom. The van der Waals surface area contributed by atoms with E-state index in [9.17, 15) is 9.59 Å². The first kappa shape index (κ1) is 21.5. The van der Waals surface area contributed by atoms with E-state index in [1.807, 2.05) is 12.1 Å². The zero-order valence-electron chi connectivity index (χ0n) is 16.5. The van der Waals surface area contributed by atoms with Crippen molar-refractivity contribution in [3.63, 3.8) is 0 Å². The van der Waals surface area contributed by atoms with Crippen molar-refractivity contribution in [2.24, 2.45) is 4.99 Å². The molecule has 2 amide bonds. The second kappa shape index (κ2) is 9.21. The number of aromatic nitrogens is 2. The molecule has 10 heteroatoms. The number of nitrogens with zero attached hydrogens (tertiary/aromatic N) is 4. The smallest absolute Gasteiger partial charge is 0.279 e. The van der Waals surface area contributed by atoms with Crippen LogP contribution < -0.4 is 9.41 Å². The molecule has 0 spiro atoms. The molecule has 31 heavy (non-hydrogen) atoms. The summed E-state index contributed by atoms with van der Waals surface area (Å²) in [6, 6.07) is 11.8. The number of rotatable bonds is 4. The van der Waals surface area contributed by atoms with Gasteiger partial charge in [0.1, 0.15) is 5.75 Å². The highest BCUT2D eigenvalue weighted by molar-refractivity contribution is 7.04. The van der Waals surface area contributed by atoms with Crippen LogP contribution in [0.3, 0.4) is 0 Å². The number of amides is 2. The fourth-order valence-corrected chi connectivity index (χ4v) is 4.53. The van der Waals surface area contributed by atoms with E-state index in [0.29, 0.717) is 23.9 Å². The Balaban J connectivity index is 1.78. The fourth-order valence-electron chi connectivity index (χ4n) is 3.19. The second-order valence-electron chi connectivity index (χ2n) is 6.86. The lowest BCUT2D eigenvalue weighted by atomic mass is 10.2. The van der Waals surface area contributed by atoms with E-state index in [0.717, 1.165) is 30.1 Å². The number of methoxy groups -OCH3 is 1. The van der Waals surface area contributed by atoms with Crippen LogP contribution in [0.25, 0.3) is 5.69 Å². The van der Waals surface area contributed by atoms with Crippen LogP contribution in [0.15, 0.2) is 47.5 Å². The van der Waals surface area contributed by atoms with Gasteiger partial charge in [0.25, 0.3) is 11.8 Å². The zero-order chi connectivity index (χ0) is 22.0. The van der Waals surface area contributed by atoms with Gasteiger partial charge in [-0.15, -0.1) is 5.10 Å². The maximum atomic E-state index is 13.1. The van der Waals surface area contributed by atoms with Gasteiger partial charge in [-0.25, -0.2) is 0 Å². The topological polar surface area (TPSA) is 76.8 Å². The monoisotopic (exact) mass is 476 g/mol. The number of likely N-dealkylation sites (tertiary alicyclic amines) is 1. The standard InChI is InChI=1S/C21H18Cl2N4O3S/c1-30-15-7-5-14(6-8-15)27-25-18(21(29)26-10-2-3-11-26)20(31-27)24-19(28)16-9-4-13(22)12-17(16)23/h4-9,12H,2-3,10-11H2,1H3. The molecule has 0 aliphatic carbocycles. The molecule has 0 radical (unpaired) electrons. The number of carbonyl (C=O) groups is 2. The molecule has 160 valence electrons. The van der Waals surface area contributed by atoms with Crippen LogP contribution in [0.2, 0.25) is 10.0 Å². The summed E-state index contributed by atoms with van der Waals surface area (Å²) in [6.45, 7) is 1.32. The molecule has 0 atom stereocenters. The van der Waals surface area contributed by atoms with Crippen molar-refractivity contribution in [3.05, 3.63) is 68.4 Å². The highest BCUT2D eigenvalue weighted by Crippen LogP contribution is 2.22. The van der Waals surface area contributed by atoms with Crippen LogP contribution in [0, 0.1) is 0 Å². The maximum Gasteiger partial charge on any atom is 0.279 e. The van der Waals surface area contributed by atoms with E-state index in [4.69, 9.17) is 27.9 Å². The van der Waals surface area contributed by atoms with Crippen LogP contribution in [-0.2, 0) is 0 Å². The van der Waals surface area contributed by atoms with Crippen molar-refractivity contribution in [2.45, 2.75) is 12.8 Å². The lowest BCUT2D eigenvalue weighted by Crippen LogP contribution is -2.31. The summed E-state index contributed by atoms with van der Waals surface area (Å²) < 4.78 is 6.98. The van der Waals surface area contributed by atoms with Crippen LogP contribution in [0.5, 0.6) is 5.75 Å². The van der Waals surface area contributed by atoms with Crippen LogP contribution >= 0.6 is 34.7 Å². The van der Waals surface area contributed by atoms with Crippen molar-refractivity contribution in [2.75, 3.05) is 20.2 Å². The predicted molar refractivity (Wildman–Crippen MR) is 119 cm³/mol. The molecule has 1 aliphatic heterocycles. The van der Waals surface area contributed by atoms with E-state index in [1.165, 1.54) is 12.1 Å². The van der Waals surface area contributed by atoms with Crippen molar-refractivity contribution in [3.8, 4) is 11.4 Å². The molecule has 0 N–H and O–H groups in total. The molecule has 7 nitrogen and oxygen atoms in total. The normalized spacial score (nSPS) is 14.2. The van der Waals surface area contributed by atoms with E-state index in [1.54, 1.807) is 34.3 Å². The van der Waals surface area contributed by atoms with E-state index >= 15 is 0 Å². The van der Waals surface area contributed by atoms with Crippen LogP contribution in [0.4, 0.5) is 0 Å². The van der Waals surface area contributed by atoms with E-state index < -0.39 is 5.91 Å². The lowest BCUT2D eigenvalue weighted by Gasteiger charge is -2.12. The van der Waals surface area contributed by atoms with Crippen LogP contribution in [0.1, 0.15) is 33.7 Å². The first-order chi connectivity index (χ1) is 15.0. The maximum absolute atomic E-state index is 13.1. The summed E-state index contributed by atoms with van der Waals surface area (Å²) in [5, 5.41) is 5.08. The minimum absolute atomic E-state index is 0.140. The van der Waals surface area contributed by atoms with Crippen molar-refractivity contribution in [1.82, 2.24) is 14.1 Å². The third-order valence-electron chi connectivity index (χ3n) is 4.82. The van der Waals surface area contributed by atoms with Gasteiger partial charge in [0, 0.05) is 18.1 Å². The number of hydrogen-bond acceptors (Lipinski definition) is 5. The van der Waals surface area contributed by atoms with Gasteiger partial charge >= 0.3 is 0 Å². The molecule has 1 saturated heterocycles. The van der Waals surface area contributed by atoms with Crippen LogP contribution in [-0.4, -0.2) is 46.1 Å². The van der Waals surface area contributed by atoms with Gasteiger partial charge < -0.3 is 9.64 Å². The molecule has 1 fully saturated rings. The zero-order valence-corrected chi connectivity index (χ0v) is 18.9. The van der Waals surface area contributed by atoms with Crippen molar-refractivity contribution in [1.29, 1.82) is 0 Å².